The van der Waals surface area contributed by atoms with Gasteiger partial charge in [0.05, 0.1) is 12.5 Å². The highest BCUT2D eigenvalue weighted by molar-refractivity contribution is 5.97. The van der Waals surface area contributed by atoms with E-state index in [-0.39, 0.29) is 22.8 Å². The van der Waals surface area contributed by atoms with Crippen molar-refractivity contribution in [3.8, 4) is 11.5 Å². The van der Waals surface area contributed by atoms with Gasteiger partial charge in [0.2, 0.25) is 0 Å². The molecular weight excluding hydrogens is 490 g/mol. The molecule has 1 saturated heterocycles. The van der Waals surface area contributed by atoms with Crippen molar-refractivity contribution < 1.29 is 19.0 Å². The third-order valence-electron chi connectivity index (χ3n) is 11.1. The second-order valence-electron chi connectivity index (χ2n) is 12.7. The molecule has 7 nitrogen and oxygen atoms in total. The molecule has 0 N–H and O–H groups in total. The second-order valence-corrected chi connectivity index (χ2v) is 12.7. The monoisotopic (exact) mass is 527 g/mol. The number of likely N-dealkylation sites (N-methyl/N-ethyl adjacent to an activating group) is 1. The lowest BCUT2D eigenvalue weighted by molar-refractivity contribution is -0.198. The summed E-state index contributed by atoms with van der Waals surface area (Å²) in [6.07, 6.45) is 12.2. The van der Waals surface area contributed by atoms with Crippen molar-refractivity contribution in [2.45, 2.75) is 68.2 Å². The number of aromatic nitrogens is 1. The maximum atomic E-state index is 14.4. The molecule has 9 rings (SSSR count). The maximum absolute atomic E-state index is 14.4. The standard InChI is InChI=1S/C32H37N3O4/c1-34(18-21-5-4-13-33-17-21)28(36)23-16-30-10-11-32(23,38-3)29-31(30)12-14-35(19-20-6-7-20)25(30)15-22-8-9-24(37-2)27(39-29)26(22)31/h4-5,8-9,13,16-17,20,25,29H,6-7,10-12,14-15,18-19H2,1-3H3/t25-,29-,30-,31+,32-/m1/s1. The summed E-state index contributed by atoms with van der Waals surface area (Å²) in [6, 6.07) is 8.63. The molecule has 1 amide bonds. The molecule has 2 spiro atoms. The molecule has 2 aromatic rings. The first-order valence-electron chi connectivity index (χ1n) is 14.5. The highest BCUT2D eigenvalue weighted by Crippen LogP contribution is 2.75. The summed E-state index contributed by atoms with van der Waals surface area (Å²) in [5.74, 6) is 2.52. The summed E-state index contributed by atoms with van der Waals surface area (Å²) in [5, 5.41) is 0. The van der Waals surface area contributed by atoms with Crippen molar-refractivity contribution in [2.75, 3.05) is 34.4 Å². The topological polar surface area (TPSA) is 64.1 Å². The Hall–Kier alpha value is -2.90. The molecule has 0 unspecified atom stereocenters. The molecule has 1 aromatic carbocycles. The number of fused-ring (bicyclic) bond motifs is 1. The Morgan fingerprint density at radius 3 is 2.82 bits per heavy atom. The van der Waals surface area contributed by atoms with Gasteiger partial charge in [0.1, 0.15) is 11.7 Å². The van der Waals surface area contributed by atoms with E-state index in [2.05, 4.69) is 28.1 Å². The van der Waals surface area contributed by atoms with Crippen molar-refractivity contribution in [1.82, 2.24) is 14.8 Å². The largest absolute Gasteiger partial charge is 0.493 e. The summed E-state index contributed by atoms with van der Waals surface area (Å²) >= 11 is 0. The predicted octanol–water partition coefficient (Wildman–Crippen LogP) is 3.89. The fraction of sp³-hybridized carbons (Fsp3) is 0.562. The van der Waals surface area contributed by atoms with Gasteiger partial charge in [-0.3, -0.25) is 14.7 Å². The number of carbonyl (C=O) groups excluding carboxylic acids is 1. The third kappa shape index (κ3) is 2.90. The lowest BCUT2D eigenvalue weighted by Gasteiger charge is -2.70. The van der Waals surface area contributed by atoms with Gasteiger partial charge in [0, 0.05) is 62.2 Å². The normalized spacial score (nSPS) is 35.2. The fourth-order valence-electron chi connectivity index (χ4n) is 9.29. The van der Waals surface area contributed by atoms with Crippen LogP contribution in [-0.2, 0) is 27.9 Å². The number of piperidine rings is 1. The van der Waals surface area contributed by atoms with E-state index >= 15 is 0 Å². The van der Waals surface area contributed by atoms with E-state index in [0.717, 1.165) is 60.8 Å². The van der Waals surface area contributed by atoms with Crippen LogP contribution in [0.5, 0.6) is 11.5 Å². The van der Waals surface area contributed by atoms with E-state index in [4.69, 9.17) is 14.2 Å². The molecule has 4 bridgehead atoms. The van der Waals surface area contributed by atoms with Crippen molar-refractivity contribution in [3.05, 3.63) is 65.0 Å². The molecule has 7 aliphatic rings. The maximum Gasteiger partial charge on any atom is 0.252 e. The Morgan fingerprint density at radius 1 is 1.21 bits per heavy atom. The van der Waals surface area contributed by atoms with E-state index in [0.29, 0.717) is 12.6 Å². The van der Waals surface area contributed by atoms with Crippen LogP contribution in [0.2, 0.25) is 0 Å². The number of ether oxygens (including phenoxy) is 3. The quantitative estimate of drug-likeness (QED) is 0.545. The number of benzene rings is 1. The van der Waals surface area contributed by atoms with E-state index in [1.54, 1.807) is 20.4 Å². The summed E-state index contributed by atoms with van der Waals surface area (Å²) in [5.41, 5.74) is 3.33. The fourth-order valence-corrected chi connectivity index (χ4v) is 9.29. The molecule has 2 saturated carbocycles. The number of carbonyl (C=O) groups is 1. The molecule has 0 radical (unpaired) electrons. The van der Waals surface area contributed by atoms with Crippen LogP contribution < -0.4 is 9.47 Å². The zero-order valence-corrected chi connectivity index (χ0v) is 23.1. The number of hydrogen-bond acceptors (Lipinski definition) is 6. The second kappa shape index (κ2) is 8.07. The number of amides is 1. The van der Waals surface area contributed by atoms with Gasteiger partial charge < -0.3 is 19.1 Å². The van der Waals surface area contributed by atoms with Crippen molar-refractivity contribution in [2.24, 2.45) is 11.3 Å². The van der Waals surface area contributed by atoms with E-state index < -0.39 is 5.60 Å². The van der Waals surface area contributed by atoms with Gasteiger partial charge in [0.15, 0.2) is 11.5 Å². The van der Waals surface area contributed by atoms with Crippen molar-refractivity contribution >= 4 is 5.91 Å². The van der Waals surface area contributed by atoms with Crippen LogP contribution in [0, 0.1) is 11.3 Å². The summed E-state index contributed by atoms with van der Waals surface area (Å²) in [6.45, 7) is 2.74. The molecule has 3 fully saturated rings. The van der Waals surface area contributed by atoms with Gasteiger partial charge in [-0.2, -0.15) is 0 Å². The van der Waals surface area contributed by atoms with Crippen LogP contribution in [0.25, 0.3) is 0 Å². The number of likely N-dealkylation sites (tertiary alicyclic amines) is 1. The van der Waals surface area contributed by atoms with Gasteiger partial charge in [-0.25, -0.2) is 0 Å². The van der Waals surface area contributed by atoms with Crippen LogP contribution in [0.15, 0.2) is 48.3 Å². The molecule has 7 heteroatoms. The molecule has 5 aliphatic carbocycles. The molecule has 5 atom stereocenters. The molecule has 2 aliphatic heterocycles. The Balaban J connectivity index is 1.30. The zero-order chi connectivity index (χ0) is 26.6. The Kier molecular flexibility index (Phi) is 4.96. The first kappa shape index (κ1) is 23.9. The zero-order valence-electron chi connectivity index (χ0n) is 23.1. The minimum Gasteiger partial charge on any atom is -0.493 e. The van der Waals surface area contributed by atoms with Crippen LogP contribution in [0.1, 0.15) is 48.8 Å². The first-order valence-corrected chi connectivity index (χ1v) is 14.5. The van der Waals surface area contributed by atoms with Crippen molar-refractivity contribution in [3.63, 3.8) is 0 Å². The van der Waals surface area contributed by atoms with Crippen LogP contribution in [0.3, 0.4) is 0 Å². The Morgan fingerprint density at radius 2 is 2.08 bits per heavy atom. The van der Waals surface area contributed by atoms with Crippen LogP contribution in [0.4, 0.5) is 0 Å². The number of rotatable bonds is 7. The third-order valence-corrected chi connectivity index (χ3v) is 11.1. The Bertz CT molecular complexity index is 1390. The van der Waals surface area contributed by atoms with E-state index in [1.807, 2.05) is 30.3 Å². The van der Waals surface area contributed by atoms with E-state index in [1.165, 1.54) is 30.5 Å². The Labute approximate surface area is 230 Å². The number of pyridine rings is 1. The van der Waals surface area contributed by atoms with Crippen LogP contribution in [-0.4, -0.2) is 72.8 Å². The highest BCUT2D eigenvalue weighted by Gasteiger charge is 2.79. The van der Waals surface area contributed by atoms with Gasteiger partial charge in [-0.05, 0) is 74.2 Å². The predicted molar refractivity (Wildman–Crippen MR) is 146 cm³/mol. The first-order chi connectivity index (χ1) is 19.0. The summed E-state index contributed by atoms with van der Waals surface area (Å²) < 4.78 is 19.4. The molecule has 3 heterocycles. The lowest BCUT2D eigenvalue weighted by Crippen LogP contribution is -2.78. The minimum atomic E-state index is -0.802. The lowest BCUT2D eigenvalue weighted by atomic mass is 9.37. The van der Waals surface area contributed by atoms with Gasteiger partial charge in [0.25, 0.3) is 5.91 Å². The SMILES string of the molecule is COc1ccc2c3c1O[C@@H]1[C@]34CCN(CC3CC3)[C@H](C2)[C@@]42C=C(C(=O)N(C)Cc3cccnc3)[C@]1(OC)CC2. The average molecular weight is 528 g/mol. The molecule has 204 valence electrons. The van der Waals surface area contributed by atoms with Gasteiger partial charge >= 0.3 is 0 Å². The smallest absolute Gasteiger partial charge is 0.252 e. The number of hydrogen-bond donors (Lipinski definition) is 0. The van der Waals surface area contributed by atoms with Gasteiger partial charge in [-0.1, -0.05) is 18.2 Å². The summed E-state index contributed by atoms with van der Waals surface area (Å²) in [4.78, 5) is 23.2. The van der Waals surface area contributed by atoms with Crippen LogP contribution >= 0.6 is 0 Å². The number of nitrogens with zero attached hydrogens (tertiary/aromatic N) is 3. The van der Waals surface area contributed by atoms with Gasteiger partial charge in [-0.15, -0.1) is 0 Å². The number of methoxy groups -OCH3 is 2. The minimum absolute atomic E-state index is 0.0266. The molecule has 39 heavy (non-hydrogen) atoms. The van der Waals surface area contributed by atoms with E-state index in [9.17, 15) is 4.79 Å². The molecule has 1 aromatic heterocycles. The van der Waals surface area contributed by atoms with Crippen molar-refractivity contribution in [1.29, 1.82) is 0 Å². The summed E-state index contributed by atoms with van der Waals surface area (Å²) in [7, 11) is 5.38. The highest BCUT2D eigenvalue weighted by atomic mass is 16.6. The average Bonchev–Trinajstić information content (AvgIpc) is 3.71. The molecular formula is C32H37N3O4.